The van der Waals surface area contributed by atoms with Crippen molar-refractivity contribution in [2.75, 3.05) is 0 Å². The van der Waals surface area contributed by atoms with Crippen molar-refractivity contribution < 1.29 is 0 Å². The molecule has 2 aromatic rings. The van der Waals surface area contributed by atoms with Crippen LogP contribution in [-0.2, 0) is 0 Å². The molecule has 0 aliphatic carbocycles. The largest absolute Gasteiger partial charge is 0.0859 e. The highest BCUT2D eigenvalue weighted by atomic mass is 28.3. The van der Waals surface area contributed by atoms with Gasteiger partial charge in [0, 0.05) is 0 Å². The summed E-state index contributed by atoms with van der Waals surface area (Å²) in [6.45, 7) is 6.89. The average molecular weight is 253 g/mol. The van der Waals surface area contributed by atoms with Gasteiger partial charge in [0.05, 0.1) is 8.80 Å². The molecule has 2 aromatic carbocycles. The highest BCUT2D eigenvalue weighted by molar-refractivity contribution is 6.74. The van der Waals surface area contributed by atoms with Crippen molar-refractivity contribution in [2.45, 2.75) is 32.9 Å². The minimum absolute atomic E-state index is 0.400. The van der Waals surface area contributed by atoms with Gasteiger partial charge in [0.25, 0.3) is 0 Å². The number of hydrogen-bond donors (Lipinski definition) is 0. The van der Waals surface area contributed by atoms with E-state index in [1.54, 1.807) is 5.19 Å². The Hall–Kier alpha value is -1.34. The zero-order chi connectivity index (χ0) is 13.0. The van der Waals surface area contributed by atoms with E-state index in [-0.39, 0.29) is 0 Å². The lowest BCUT2D eigenvalue weighted by atomic mass is 10.0. The molecule has 0 saturated carbocycles. The summed E-state index contributed by atoms with van der Waals surface area (Å²) >= 11 is 0. The molecular formula is C17H21Si. The molecule has 0 heterocycles. The summed E-state index contributed by atoms with van der Waals surface area (Å²) in [5, 5.41) is 1.61. The fourth-order valence-electron chi connectivity index (χ4n) is 2.58. The van der Waals surface area contributed by atoms with E-state index in [2.05, 4.69) is 69.3 Å². The van der Waals surface area contributed by atoms with Gasteiger partial charge in [0.2, 0.25) is 0 Å². The van der Waals surface area contributed by atoms with Gasteiger partial charge >= 0.3 is 0 Å². The second kappa shape index (κ2) is 6.01. The van der Waals surface area contributed by atoms with Gasteiger partial charge in [-0.25, -0.2) is 0 Å². The van der Waals surface area contributed by atoms with Crippen molar-refractivity contribution in [3.05, 3.63) is 54.1 Å². The van der Waals surface area contributed by atoms with Crippen LogP contribution in [0.25, 0.3) is 11.1 Å². The highest BCUT2D eigenvalue weighted by Crippen LogP contribution is 2.22. The number of benzene rings is 2. The van der Waals surface area contributed by atoms with E-state index >= 15 is 0 Å². The molecule has 0 aromatic heterocycles. The normalized spacial score (nSPS) is 10.9. The number of aryl methyl sites for hydroxylation is 1. The third kappa shape index (κ3) is 2.56. The zero-order valence-electron chi connectivity index (χ0n) is 11.5. The maximum Gasteiger partial charge on any atom is 0.0859 e. The van der Waals surface area contributed by atoms with Crippen molar-refractivity contribution in [1.82, 2.24) is 0 Å². The minimum Gasteiger partial charge on any atom is -0.0677 e. The van der Waals surface area contributed by atoms with E-state index in [1.165, 1.54) is 28.8 Å². The molecule has 1 heteroatoms. The second-order valence-electron chi connectivity index (χ2n) is 4.67. The molecule has 0 amide bonds. The molecule has 0 bridgehead atoms. The Kier molecular flexibility index (Phi) is 4.37. The van der Waals surface area contributed by atoms with Crippen molar-refractivity contribution in [3.8, 4) is 11.1 Å². The maximum absolute atomic E-state index is 2.34. The van der Waals surface area contributed by atoms with Crippen LogP contribution in [0.15, 0.2) is 48.5 Å². The molecule has 0 N–H and O–H groups in total. The quantitative estimate of drug-likeness (QED) is 0.708. The van der Waals surface area contributed by atoms with Crippen LogP contribution in [0.4, 0.5) is 0 Å². The zero-order valence-corrected chi connectivity index (χ0v) is 12.5. The molecule has 0 aliphatic heterocycles. The van der Waals surface area contributed by atoms with Crippen LogP contribution in [0.1, 0.15) is 19.4 Å². The summed E-state index contributed by atoms with van der Waals surface area (Å²) in [7, 11) is -0.400. The molecule has 0 atom stereocenters. The topological polar surface area (TPSA) is 0 Å². The Morgan fingerprint density at radius 1 is 0.833 bits per heavy atom. The van der Waals surface area contributed by atoms with E-state index in [1.807, 2.05) is 0 Å². The molecule has 0 fully saturated rings. The lowest BCUT2D eigenvalue weighted by Crippen LogP contribution is -2.30. The Bertz CT molecular complexity index is 498. The highest BCUT2D eigenvalue weighted by Gasteiger charge is 2.15. The van der Waals surface area contributed by atoms with Crippen molar-refractivity contribution >= 4 is 14.0 Å². The lowest BCUT2D eigenvalue weighted by molar-refractivity contribution is 1.32. The fraction of sp³-hybridized carbons (Fsp3) is 0.294. The van der Waals surface area contributed by atoms with Gasteiger partial charge in [-0.05, 0) is 23.6 Å². The molecule has 0 saturated heterocycles. The Balaban J connectivity index is 2.58. The summed E-state index contributed by atoms with van der Waals surface area (Å²) in [4.78, 5) is 0. The monoisotopic (exact) mass is 253 g/mol. The summed E-state index contributed by atoms with van der Waals surface area (Å²) in [5.74, 6) is 0. The standard InChI is InChI=1S/C17H21Si/c1-4-18(5-2)16-13-9-10-14(3)17(16)15-11-7-6-8-12-15/h6-13H,4-5H2,1-3H3. The Labute approximate surface area is 112 Å². The molecule has 1 radical (unpaired) electrons. The third-order valence-electron chi connectivity index (χ3n) is 3.57. The summed E-state index contributed by atoms with van der Waals surface area (Å²) in [6.07, 6.45) is 0. The molecule has 2 rings (SSSR count). The second-order valence-corrected chi connectivity index (χ2v) is 7.83. The third-order valence-corrected chi connectivity index (χ3v) is 6.46. The van der Waals surface area contributed by atoms with Crippen LogP contribution < -0.4 is 5.19 Å². The van der Waals surface area contributed by atoms with Gasteiger partial charge in [-0.3, -0.25) is 0 Å². The summed E-state index contributed by atoms with van der Waals surface area (Å²) in [6, 6.07) is 20.2. The molecular weight excluding hydrogens is 232 g/mol. The Morgan fingerprint density at radius 3 is 2.11 bits per heavy atom. The molecule has 0 nitrogen and oxygen atoms in total. The first-order chi connectivity index (χ1) is 8.77. The van der Waals surface area contributed by atoms with Crippen LogP contribution in [0.2, 0.25) is 12.1 Å². The molecule has 18 heavy (non-hydrogen) atoms. The van der Waals surface area contributed by atoms with Crippen LogP contribution in [0.3, 0.4) is 0 Å². The van der Waals surface area contributed by atoms with Crippen molar-refractivity contribution in [2.24, 2.45) is 0 Å². The summed E-state index contributed by atoms with van der Waals surface area (Å²) < 4.78 is 0. The molecule has 0 spiro atoms. The van der Waals surface area contributed by atoms with E-state index in [0.29, 0.717) is 0 Å². The van der Waals surface area contributed by atoms with Crippen LogP contribution in [0.5, 0.6) is 0 Å². The van der Waals surface area contributed by atoms with Crippen molar-refractivity contribution in [1.29, 1.82) is 0 Å². The smallest absolute Gasteiger partial charge is 0.0677 e. The summed E-state index contributed by atoms with van der Waals surface area (Å²) in [5.41, 5.74) is 4.26. The van der Waals surface area contributed by atoms with E-state index in [4.69, 9.17) is 0 Å². The van der Waals surface area contributed by atoms with E-state index in [9.17, 15) is 0 Å². The van der Waals surface area contributed by atoms with E-state index < -0.39 is 8.80 Å². The van der Waals surface area contributed by atoms with Crippen LogP contribution >= 0.6 is 0 Å². The predicted octanol–water partition coefficient (Wildman–Crippen LogP) is 4.40. The molecule has 0 aliphatic rings. The van der Waals surface area contributed by atoms with Gasteiger partial charge in [0.1, 0.15) is 0 Å². The molecule has 93 valence electrons. The van der Waals surface area contributed by atoms with Gasteiger partial charge in [-0.2, -0.15) is 0 Å². The fourth-order valence-corrected chi connectivity index (χ4v) is 4.87. The van der Waals surface area contributed by atoms with Crippen molar-refractivity contribution in [3.63, 3.8) is 0 Å². The van der Waals surface area contributed by atoms with Crippen LogP contribution in [0, 0.1) is 6.92 Å². The molecule has 0 unspecified atom stereocenters. The van der Waals surface area contributed by atoms with Crippen LogP contribution in [-0.4, -0.2) is 8.80 Å². The Morgan fingerprint density at radius 2 is 1.50 bits per heavy atom. The first kappa shape index (κ1) is 13.1. The lowest BCUT2D eigenvalue weighted by Gasteiger charge is -2.18. The predicted molar refractivity (Wildman–Crippen MR) is 83.0 cm³/mol. The first-order valence-corrected chi connectivity index (χ1v) is 8.69. The number of rotatable bonds is 4. The van der Waals surface area contributed by atoms with Gasteiger partial charge in [-0.1, -0.05) is 79.7 Å². The average Bonchev–Trinajstić information content (AvgIpc) is 2.41. The van der Waals surface area contributed by atoms with Gasteiger partial charge in [-0.15, -0.1) is 0 Å². The van der Waals surface area contributed by atoms with E-state index in [0.717, 1.165) is 0 Å². The maximum atomic E-state index is 2.34. The minimum atomic E-state index is -0.400. The first-order valence-electron chi connectivity index (χ1n) is 6.78. The van der Waals surface area contributed by atoms with Gasteiger partial charge in [0.15, 0.2) is 0 Å². The van der Waals surface area contributed by atoms with Gasteiger partial charge < -0.3 is 0 Å². The number of hydrogen-bond acceptors (Lipinski definition) is 0. The SMILES string of the molecule is CC[Si](CC)c1cccc(C)c1-c1ccccc1.